The summed E-state index contributed by atoms with van der Waals surface area (Å²) < 4.78 is 4.92. The highest BCUT2D eigenvalue weighted by molar-refractivity contribution is 5.96. The molecule has 2 aromatic rings. The molecule has 8 nitrogen and oxygen atoms in total. The molecule has 0 aliphatic heterocycles. The quantitative estimate of drug-likeness (QED) is 0.402. The Bertz CT molecular complexity index is 823. The number of pyridine rings is 1. The second-order valence-corrected chi connectivity index (χ2v) is 5.85. The van der Waals surface area contributed by atoms with Crippen LogP contribution in [0.1, 0.15) is 34.8 Å². The number of carbonyl (C=O) groups excluding carboxylic acids is 2. The van der Waals surface area contributed by atoms with Gasteiger partial charge >= 0.3 is 5.97 Å². The minimum absolute atomic E-state index is 0.0355. The van der Waals surface area contributed by atoms with E-state index in [2.05, 4.69) is 4.98 Å². The third kappa shape index (κ3) is 5.34. The Morgan fingerprint density at radius 2 is 2.04 bits per heavy atom. The van der Waals surface area contributed by atoms with Crippen LogP contribution in [-0.2, 0) is 16.1 Å². The number of esters is 1. The van der Waals surface area contributed by atoms with E-state index in [-0.39, 0.29) is 43.3 Å². The Hall–Kier alpha value is -3.29. The van der Waals surface area contributed by atoms with Crippen molar-refractivity contribution in [3.05, 3.63) is 69.5 Å². The molecule has 0 bridgehead atoms. The van der Waals surface area contributed by atoms with Gasteiger partial charge in [-0.25, -0.2) is 0 Å². The minimum atomic E-state index is -0.518. The van der Waals surface area contributed by atoms with Crippen LogP contribution in [0, 0.1) is 17.0 Å². The van der Waals surface area contributed by atoms with Gasteiger partial charge in [0.15, 0.2) is 0 Å². The summed E-state index contributed by atoms with van der Waals surface area (Å²) in [6, 6.07) is 7.95. The molecule has 0 saturated heterocycles. The maximum atomic E-state index is 13.0. The average Bonchev–Trinajstić information content (AvgIpc) is 2.65. The topological polar surface area (TPSA) is 103 Å². The lowest BCUT2D eigenvalue weighted by Gasteiger charge is -2.23. The van der Waals surface area contributed by atoms with Gasteiger partial charge < -0.3 is 9.64 Å². The molecule has 1 aromatic carbocycles. The first-order valence-electron chi connectivity index (χ1n) is 8.51. The van der Waals surface area contributed by atoms with Gasteiger partial charge in [0.05, 0.1) is 18.0 Å². The van der Waals surface area contributed by atoms with Crippen LogP contribution in [0.3, 0.4) is 0 Å². The van der Waals surface area contributed by atoms with Crippen LogP contribution in [0.5, 0.6) is 0 Å². The number of nitro groups is 1. The standard InChI is InChI=1S/C19H21N3O5/c1-3-27-18(23)9-11-21(13-15-6-5-10-20-12-15)19(24)16-7-4-8-17(14(16)2)22(25)26/h4-8,10,12H,3,9,11,13H2,1-2H3. The maximum Gasteiger partial charge on any atom is 0.307 e. The van der Waals surface area contributed by atoms with E-state index in [4.69, 9.17) is 4.74 Å². The molecular formula is C19H21N3O5. The van der Waals surface area contributed by atoms with Gasteiger partial charge in [-0.05, 0) is 31.5 Å². The molecule has 0 saturated carbocycles. The first-order valence-corrected chi connectivity index (χ1v) is 8.51. The smallest absolute Gasteiger partial charge is 0.307 e. The number of ether oxygens (including phenoxy) is 1. The van der Waals surface area contributed by atoms with Crippen molar-refractivity contribution >= 4 is 17.6 Å². The first-order chi connectivity index (χ1) is 12.9. The molecule has 2 rings (SSSR count). The van der Waals surface area contributed by atoms with Gasteiger partial charge in [-0.15, -0.1) is 0 Å². The van der Waals surface area contributed by atoms with Crippen LogP contribution in [-0.4, -0.2) is 39.8 Å². The Balaban J connectivity index is 2.28. The Morgan fingerprint density at radius 3 is 2.67 bits per heavy atom. The number of amides is 1. The third-order valence-electron chi connectivity index (χ3n) is 4.01. The first kappa shape index (κ1) is 20.0. The van der Waals surface area contributed by atoms with Crippen molar-refractivity contribution in [2.24, 2.45) is 0 Å². The number of benzene rings is 1. The van der Waals surface area contributed by atoms with Crippen LogP contribution in [0.25, 0.3) is 0 Å². The predicted octanol–water partition coefficient (Wildman–Crippen LogP) is 2.89. The van der Waals surface area contributed by atoms with Crippen molar-refractivity contribution in [1.82, 2.24) is 9.88 Å². The highest BCUT2D eigenvalue weighted by Gasteiger charge is 2.23. The van der Waals surface area contributed by atoms with E-state index in [9.17, 15) is 19.7 Å². The van der Waals surface area contributed by atoms with Gasteiger partial charge in [-0.2, -0.15) is 0 Å². The summed E-state index contributed by atoms with van der Waals surface area (Å²) in [5.41, 5.74) is 1.20. The molecule has 0 fully saturated rings. The zero-order valence-electron chi connectivity index (χ0n) is 15.3. The Morgan fingerprint density at radius 1 is 1.26 bits per heavy atom. The summed E-state index contributed by atoms with van der Waals surface area (Å²) in [6.07, 6.45) is 3.29. The number of aromatic nitrogens is 1. The fourth-order valence-electron chi connectivity index (χ4n) is 2.65. The van der Waals surface area contributed by atoms with Gasteiger partial charge in [0.2, 0.25) is 0 Å². The van der Waals surface area contributed by atoms with Crippen molar-refractivity contribution in [3.8, 4) is 0 Å². The fraction of sp³-hybridized carbons (Fsp3) is 0.316. The van der Waals surface area contributed by atoms with Crippen molar-refractivity contribution < 1.29 is 19.2 Å². The summed E-state index contributed by atoms with van der Waals surface area (Å²) in [4.78, 5) is 40.9. The summed E-state index contributed by atoms with van der Waals surface area (Å²) in [5.74, 6) is -0.790. The number of hydrogen-bond acceptors (Lipinski definition) is 6. The van der Waals surface area contributed by atoms with Crippen molar-refractivity contribution in [1.29, 1.82) is 0 Å². The van der Waals surface area contributed by atoms with Gasteiger partial charge in [0.25, 0.3) is 11.6 Å². The Kier molecular flexibility index (Phi) is 6.99. The largest absolute Gasteiger partial charge is 0.466 e. The van der Waals surface area contributed by atoms with Crippen molar-refractivity contribution in [2.75, 3.05) is 13.2 Å². The van der Waals surface area contributed by atoms with Crippen molar-refractivity contribution in [2.45, 2.75) is 26.8 Å². The molecular weight excluding hydrogens is 350 g/mol. The van der Waals surface area contributed by atoms with Gasteiger partial charge in [-0.1, -0.05) is 12.1 Å². The van der Waals surface area contributed by atoms with Gasteiger partial charge in [0, 0.05) is 42.7 Å². The monoisotopic (exact) mass is 371 g/mol. The zero-order valence-corrected chi connectivity index (χ0v) is 15.3. The molecule has 0 N–H and O–H groups in total. The van der Waals surface area contributed by atoms with E-state index >= 15 is 0 Å². The fourth-order valence-corrected chi connectivity index (χ4v) is 2.65. The van der Waals surface area contributed by atoms with Crippen LogP contribution >= 0.6 is 0 Å². The summed E-state index contributed by atoms with van der Waals surface area (Å²) in [6.45, 7) is 3.88. The second-order valence-electron chi connectivity index (χ2n) is 5.85. The van der Waals surface area contributed by atoms with E-state index in [1.165, 1.54) is 17.0 Å². The molecule has 8 heteroatoms. The minimum Gasteiger partial charge on any atom is -0.466 e. The molecule has 1 aromatic heterocycles. The molecule has 1 heterocycles. The van der Waals surface area contributed by atoms with Crippen LogP contribution < -0.4 is 0 Å². The number of hydrogen-bond donors (Lipinski definition) is 0. The van der Waals surface area contributed by atoms with Crippen LogP contribution in [0.2, 0.25) is 0 Å². The predicted molar refractivity (Wildman–Crippen MR) is 98.1 cm³/mol. The number of nitro benzene ring substituents is 1. The normalized spacial score (nSPS) is 10.3. The number of rotatable bonds is 8. The maximum absolute atomic E-state index is 13.0. The molecule has 0 atom stereocenters. The SMILES string of the molecule is CCOC(=O)CCN(Cc1cccnc1)C(=O)c1cccc([N+](=O)[O-])c1C. The molecule has 0 spiro atoms. The van der Waals surface area contributed by atoms with E-state index in [1.807, 2.05) is 6.07 Å². The number of nitrogens with zero attached hydrogens (tertiary/aromatic N) is 3. The second kappa shape index (κ2) is 9.42. The summed E-state index contributed by atoms with van der Waals surface area (Å²) >= 11 is 0. The third-order valence-corrected chi connectivity index (χ3v) is 4.01. The highest BCUT2D eigenvalue weighted by atomic mass is 16.6. The van der Waals surface area contributed by atoms with E-state index in [0.29, 0.717) is 5.56 Å². The molecule has 1 amide bonds. The van der Waals surface area contributed by atoms with E-state index in [1.54, 1.807) is 38.4 Å². The van der Waals surface area contributed by atoms with E-state index in [0.717, 1.165) is 5.56 Å². The average molecular weight is 371 g/mol. The van der Waals surface area contributed by atoms with Crippen LogP contribution in [0.4, 0.5) is 5.69 Å². The molecule has 27 heavy (non-hydrogen) atoms. The molecule has 0 aliphatic rings. The number of carbonyl (C=O) groups is 2. The molecule has 0 unspecified atom stereocenters. The van der Waals surface area contributed by atoms with E-state index < -0.39 is 10.9 Å². The van der Waals surface area contributed by atoms with Crippen molar-refractivity contribution in [3.63, 3.8) is 0 Å². The Labute approximate surface area is 156 Å². The lowest BCUT2D eigenvalue weighted by molar-refractivity contribution is -0.385. The highest BCUT2D eigenvalue weighted by Crippen LogP contribution is 2.23. The molecule has 142 valence electrons. The lowest BCUT2D eigenvalue weighted by atomic mass is 10.0. The summed E-state index contributed by atoms with van der Waals surface area (Å²) in [7, 11) is 0. The zero-order chi connectivity index (χ0) is 19.8. The lowest BCUT2D eigenvalue weighted by Crippen LogP contribution is -2.33. The molecule has 0 radical (unpaired) electrons. The van der Waals surface area contributed by atoms with Gasteiger partial charge in [-0.3, -0.25) is 24.7 Å². The summed E-state index contributed by atoms with van der Waals surface area (Å²) in [5, 5.41) is 11.2. The van der Waals surface area contributed by atoms with Gasteiger partial charge in [0.1, 0.15) is 0 Å². The molecule has 0 aliphatic carbocycles. The van der Waals surface area contributed by atoms with Crippen LogP contribution in [0.15, 0.2) is 42.7 Å².